The molecule has 0 radical (unpaired) electrons. The first-order valence-corrected chi connectivity index (χ1v) is 15.9. The molecule has 42 heavy (non-hydrogen) atoms. The quantitative estimate of drug-likeness (QED) is 0.235. The Kier molecular flexibility index (Phi) is 8.92. The zero-order valence-electron chi connectivity index (χ0n) is 24.1. The molecular weight excluding hydrogens is 546 g/mol. The first-order valence-electron chi connectivity index (χ1n) is 14.5. The maximum Gasteiger partial charge on any atom is 0.265 e. The molecule has 1 atom stereocenters. The normalized spacial score (nSPS) is 14.1. The predicted molar refractivity (Wildman–Crippen MR) is 167 cm³/mol. The van der Waals surface area contributed by atoms with Gasteiger partial charge in [0.25, 0.3) is 10.0 Å². The van der Waals surface area contributed by atoms with E-state index in [2.05, 4.69) is 5.32 Å². The minimum atomic E-state index is -3.71. The van der Waals surface area contributed by atoms with Gasteiger partial charge in [-0.15, -0.1) is 0 Å². The van der Waals surface area contributed by atoms with Gasteiger partial charge in [-0.1, -0.05) is 91.3 Å². The average molecular weight is 584 g/mol. The number of carbonyl (C=O) groups excluding carboxylic acids is 2. The SMILES string of the molecule is CCCNC(=O)[C@@H](Cc1ccccc1)N(Cc1ccc(C)cc1)C(=O)CCCN1c2cccc3cccc(c23)S1(=O)=O. The van der Waals surface area contributed by atoms with E-state index in [9.17, 15) is 18.0 Å². The number of anilines is 1. The van der Waals surface area contributed by atoms with Gasteiger partial charge in [-0.3, -0.25) is 13.9 Å². The number of rotatable bonds is 12. The van der Waals surface area contributed by atoms with Crippen molar-refractivity contribution in [2.75, 3.05) is 17.4 Å². The van der Waals surface area contributed by atoms with Crippen LogP contribution in [-0.2, 0) is 32.6 Å². The number of sulfonamides is 1. The number of nitrogens with one attached hydrogen (secondary N) is 1. The Morgan fingerprint density at radius 3 is 2.31 bits per heavy atom. The number of amides is 2. The summed E-state index contributed by atoms with van der Waals surface area (Å²) in [6.07, 6.45) is 1.60. The summed E-state index contributed by atoms with van der Waals surface area (Å²) in [5.74, 6) is -0.374. The summed E-state index contributed by atoms with van der Waals surface area (Å²) >= 11 is 0. The van der Waals surface area contributed by atoms with Crippen LogP contribution < -0.4 is 9.62 Å². The number of nitrogens with zero attached hydrogens (tertiary/aromatic N) is 2. The summed E-state index contributed by atoms with van der Waals surface area (Å²) in [4.78, 5) is 29.4. The third-order valence-corrected chi connectivity index (χ3v) is 9.58. The molecule has 0 aliphatic carbocycles. The molecule has 1 aliphatic rings. The van der Waals surface area contributed by atoms with Crippen LogP contribution in [0.5, 0.6) is 0 Å². The standard InChI is InChI=1S/C34H37N3O4S/c1-3-21-35-34(39)30(23-26-10-5-4-6-11-26)36(24-27-19-17-25(2)18-20-27)32(38)16-9-22-37-29-14-7-12-28-13-8-15-31(33(28)29)42(37,40)41/h4-8,10-15,17-20,30H,3,9,16,21-24H2,1-2H3,(H,35,39)/t30-/m1/s1. The topological polar surface area (TPSA) is 86.8 Å². The fourth-order valence-electron chi connectivity index (χ4n) is 5.53. The van der Waals surface area contributed by atoms with Crippen LogP contribution in [0.4, 0.5) is 5.69 Å². The van der Waals surface area contributed by atoms with Crippen molar-refractivity contribution in [3.05, 3.63) is 108 Å². The number of benzene rings is 4. The molecule has 0 fully saturated rings. The highest BCUT2D eigenvalue weighted by atomic mass is 32.2. The molecule has 1 N–H and O–H groups in total. The van der Waals surface area contributed by atoms with E-state index in [1.54, 1.807) is 17.0 Å². The van der Waals surface area contributed by atoms with Crippen LogP contribution in [0.3, 0.4) is 0 Å². The monoisotopic (exact) mass is 583 g/mol. The molecule has 0 bridgehead atoms. The molecule has 218 valence electrons. The highest BCUT2D eigenvalue weighted by Gasteiger charge is 2.36. The summed E-state index contributed by atoms with van der Waals surface area (Å²) < 4.78 is 28.3. The predicted octanol–water partition coefficient (Wildman–Crippen LogP) is 5.60. The molecule has 1 heterocycles. The van der Waals surface area contributed by atoms with Crippen LogP contribution in [0.25, 0.3) is 10.8 Å². The van der Waals surface area contributed by atoms with Crippen molar-refractivity contribution in [2.45, 2.75) is 57.0 Å². The van der Waals surface area contributed by atoms with E-state index in [-0.39, 0.29) is 31.3 Å². The minimum Gasteiger partial charge on any atom is -0.354 e. The maximum absolute atomic E-state index is 13.9. The van der Waals surface area contributed by atoms with Crippen molar-refractivity contribution >= 4 is 38.3 Å². The second kappa shape index (κ2) is 12.8. The Labute approximate surface area is 248 Å². The van der Waals surface area contributed by atoms with Crippen molar-refractivity contribution in [1.29, 1.82) is 0 Å². The molecule has 5 rings (SSSR count). The van der Waals surface area contributed by atoms with Gasteiger partial charge in [0, 0.05) is 37.9 Å². The van der Waals surface area contributed by atoms with Crippen LogP contribution in [0.15, 0.2) is 95.9 Å². The summed E-state index contributed by atoms with van der Waals surface area (Å²) in [7, 11) is -3.71. The zero-order valence-corrected chi connectivity index (χ0v) is 24.9. The average Bonchev–Trinajstić information content (AvgIpc) is 3.22. The molecule has 0 saturated heterocycles. The van der Waals surface area contributed by atoms with Gasteiger partial charge in [0.1, 0.15) is 6.04 Å². The minimum absolute atomic E-state index is 0.108. The molecular formula is C34H37N3O4S. The summed E-state index contributed by atoms with van der Waals surface area (Å²) in [5.41, 5.74) is 3.65. The van der Waals surface area contributed by atoms with Gasteiger partial charge in [0.05, 0.1) is 10.6 Å². The van der Waals surface area contributed by atoms with Crippen LogP contribution in [0.1, 0.15) is 42.9 Å². The zero-order chi connectivity index (χ0) is 29.7. The Morgan fingerprint density at radius 2 is 1.60 bits per heavy atom. The van der Waals surface area contributed by atoms with E-state index in [0.717, 1.165) is 33.9 Å². The van der Waals surface area contributed by atoms with Crippen LogP contribution in [0, 0.1) is 6.92 Å². The van der Waals surface area contributed by atoms with Crippen molar-refractivity contribution < 1.29 is 18.0 Å². The lowest BCUT2D eigenvalue weighted by molar-refractivity contribution is -0.141. The molecule has 0 aromatic heterocycles. The number of aryl methyl sites for hydroxylation is 1. The van der Waals surface area contributed by atoms with Gasteiger partial charge in [0.2, 0.25) is 11.8 Å². The van der Waals surface area contributed by atoms with Crippen LogP contribution in [-0.4, -0.2) is 44.3 Å². The van der Waals surface area contributed by atoms with E-state index in [1.165, 1.54) is 4.31 Å². The fourth-order valence-corrected chi connectivity index (χ4v) is 7.28. The first-order chi connectivity index (χ1) is 20.3. The third kappa shape index (κ3) is 6.19. The maximum atomic E-state index is 13.9. The van der Waals surface area contributed by atoms with E-state index in [0.29, 0.717) is 30.0 Å². The molecule has 4 aromatic carbocycles. The van der Waals surface area contributed by atoms with Gasteiger partial charge in [-0.05, 0) is 48.4 Å². The Morgan fingerprint density at radius 1 is 0.881 bits per heavy atom. The fraction of sp³-hybridized carbons (Fsp3) is 0.294. The van der Waals surface area contributed by atoms with E-state index in [4.69, 9.17) is 0 Å². The molecule has 0 unspecified atom stereocenters. The molecule has 2 amide bonds. The summed E-state index contributed by atoms with van der Waals surface area (Å²) in [6, 6.07) is 27.8. The number of carbonyl (C=O) groups is 2. The first kappa shape index (κ1) is 29.3. The second-order valence-electron chi connectivity index (χ2n) is 10.8. The largest absolute Gasteiger partial charge is 0.354 e. The van der Waals surface area contributed by atoms with Gasteiger partial charge < -0.3 is 10.2 Å². The molecule has 8 heteroatoms. The van der Waals surface area contributed by atoms with Crippen LogP contribution in [0.2, 0.25) is 0 Å². The van der Waals surface area contributed by atoms with Crippen molar-refractivity contribution in [1.82, 2.24) is 10.2 Å². The third-order valence-electron chi connectivity index (χ3n) is 7.73. The van der Waals surface area contributed by atoms with Crippen molar-refractivity contribution in [2.24, 2.45) is 0 Å². The second-order valence-corrected chi connectivity index (χ2v) is 12.6. The molecule has 0 spiro atoms. The van der Waals surface area contributed by atoms with Crippen molar-refractivity contribution in [3.8, 4) is 0 Å². The van der Waals surface area contributed by atoms with Gasteiger partial charge in [-0.2, -0.15) is 0 Å². The number of hydrogen-bond donors (Lipinski definition) is 1. The Balaban J connectivity index is 1.38. The van der Waals surface area contributed by atoms with E-state index in [1.807, 2.05) is 92.7 Å². The van der Waals surface area contributed by atoms with E-state index >= 15 is 0 Å². The molecule has 0 saturated carbocycles. The lowest BCUT2D eigenvalue weighted by atomic mass is 10.0. The van der Waals surface area contributed by atoms with Gasteiger partial charge in [0.15, 0.2) is 0 Å². The van der Waals surface area contributed by atoms with Gasteiger partial charge >= 0.3 is 0 Å². The van der Waals surface area contributed by atoms with Crippen molar-refractivity contribution in [3.63, 3.8) is 0 Å². The molecule has 1 aliphatic heterocycles. The smallest absolute Gasteiger partial charge is 0.265 e. The highest BCUT2D eigenvalue weighted by molar-refractivity contribution is 7.93. The van der Waals surface area contributed by atoms with Gasteiger partial charge in [-0.25, -0.2) is 8.42 Å². The van der Waals surface area contributed by atoms with E-state index < -0.39 is 16.1 Å². The highest BCUT2D eigenvalue weighted by Crippen LogP contribution is 2.42. The Hall–Kier alpha value is -4.17. The summed E-state index contributed by atoms with van der Waals surface area (Å²) in [6.45, 7) is 4.98. The van der Waals surface area contributed by atoms with Crippen LogP contribution >= 0.6 is 0 Å². The number of hydrogen-bond acceptors (Lipinski definition) is 4. The lowest BCUT2D eigenvalue weighted by Crippen LogP contribution is -2.50. The molecule has 7 nitrogen and oxygen atoms in total. The summed E-state index contributed by atoms with van der Waals surface area (Å²) in [5, 5.41) is 4.59. The Bertz CT molecular complexity index is 1670. The lowest BCUT2D eigenvalue weighted by Gasteiger charge is -2.32. The molecule has 4 aromatic rings.